The molecule has 9 heteroatoms. The maximum absolute atomic E-state index is 14.0. The summed E-state index contributed by atoms with van der Waals surface area (Å²) in [5, 5.41) is 9.57. The Morgan fingerprint density at radius 3 is 2.86 bits per heavy atom. The molecule has 0 radical (unpaired) electrons. The monoisotopic (exact) mass is 404 g/mol. The van der Waals surface area contributed by atoms with Crippen molar-refractivity contribution < 1.29 is 18.3 Å². The summed E-state index contributed by atoms with van der Waals surface area (Å²) in [5.41, 5.74) is 1.09. The molecule has 0 aliphatic rings. The number of aromatic amines is 1. The van der Waals surface area contributed by atoms with E-state index >= 15 is 0 Å². The van der Waals surface area contributed by atoms with Gasteiger partial charge in [-0.15, -0.1) is 5.10 Å². The molecule has 6 nitrogen and oxygen atoms in total. The van der Waals surface area contributed by atoms with Crippen molar-refractivity contribution in [1.82, 2.24) is 15.2 Å². The van der Waals surface area contributed by atoms with Gasteiger partial charge in [-0.1, -0.05) is 23.9 Å². The maximum atomic E-state index is 14.0. The first-order chi connectivity index (χ1) is 13.5. The Kier molecular flexibility index (Phi) is 6.25. The smallest absolute Gasteiger partial charge is 0.234 e. The Morgan fingerprint density at radius 2 is 2.11 bits per heavy atom. The number of H-pyrrole nitrogens is 1. The molecule has 28 heavy (non-hydrogen) atoms. The molecule has 0 fully saturated rings. The Morgan fingerprint density at radius 1 is 1.29 bits per heavy atom. The lowest BCUT2D eigenvalue weighted by molar-refractivity contribution is -0.113. The lowest BCUT2D eigenvalue weighted by Gasteiger charge is -2.07. The fraction of sp³-hybridized carbons (Fsp3) is 0.211. The third-order valence-corrected chi connectivity index (χ3v) is 4.62. The quantitative estimate of drug-likeness (QED) is 0.578. The molecule has 3 rings (SSSR count). The second kappa shape index (κ2) is 8.83. The number of halogens is 2. The van der Waals surface area contributed by atoms with Crippen molar-refractivity contribution in [2.24, 2.45) is 0 Å². The zero-order valence-corrected chi connectivity index (χ0v) is 16.1. The molecule has 0 saturated carbocycles. The first kappa shape index (κ1) is 19.8. The minimum absolute atomic E-state index is 0.00230. The molecule has 1 amide bonds. The summed E-state index contributed by atoms with van der Waals surface area (Å²) in [6, 6.07) is 9.27. The van der Waals surface area contributed by atoms with E-state index in [9.17, 15) is 13.6 Å². The van der Waals surface area contributed by atoms with Crippen LogP contribution in [0.15, 0.2) is 41.6 Å². The average Bonchev–Trinajstić information content (AvgIpc) is 3.15. The second-order valence-electron chi connectivity index (χ2n) is 5.82. The molecule has 2 N–H and O–H groups in total. The number of nitrogens with zero attached hydrogens (tertiary/aromatic N) is 2. The Bertz CT molecular complexity index is 994. The third kappa shape index (κ3) is 4.66. The molecule has 0 aliphatic carbocycles. The highest BCUT2D eigenvalue weighted by atomic mass is 32.2. The lowest BCUT2D eigenvalue weighted by Crippen LogP contribution is -2.15. The van der Waals surface area contributed by atoms with Crippen LogP contribution in [0.4, 0.5) is 14.5 Å². The third-order valence-electron chi connectivity index (χ3n) is 3.77. The van der Waals surface area contributed by atoms with E-state index in [0.717, 1.165) is 11.8 Å². The number of anilines is 1. The highest BCUT2D eigenvalue weighted by Crippen LogP contribution is 2.25. The summed E-state index contributed by atoms with van der Waals surface area (Å²) < 4.78 is 33.1. The predicted octanol–water partition coefficient (Wildman–Crippen LogP) is 4.19. The van der Waals surface area contributed by atoms with Gasteiger partial charge in [0.15, 0.2) is 17.4 Å². The van der Waals surface area contributed by atoms with Gasteiger partial charge in [-0.05, 0) is 43.7 Å². The van der Waals surface area contributed by atoms with Gasteiger partial charge in [-0.3, -0.25) is 9.89 Å². The normalized spacial score (nSPS) is 10.7. The Balaban J connectivity index is 1.61. The van der Waals surface area contributed by atoms with Gasteiger partial charge in [0.2, 0.25) is 11.1 Å². The highest BCUT2D eigenvalue weighted by Gasteiger charge is 2.13. The molecule has 0 spiro atoms. The number of nitrogens with one attached hydrogen (secondary N) is 2. The van der Waals surface area contributed by atoms with Crippen LogP contribution in [0.3, 0.4) is 0 Å². The molecule has 1 heterocycles. The van der Waals surface area contributed by atoms with E-state index in [1.54, 1.807) is 32.0 Å². The van der Waals surface area contributed by atoms with Gasteiger partial charge in [0.25, 0.3) is 0 Å². The molecule has 0 saturated heterocycles. The summed E-state index contributed by atoms with van der Waals surface area (Å²) in [6.45, 7) is 3.77. The number of carbonyl (C=O) groups excluding carboxylic acids is 1. The molecule has 0 unspecified atom stereocenters. The number of hydrogen-bond acceptors (Lipinski definition) is 5. The molecule has 0 bridgehead atoms. The number of carbonyl (C=O) groups is 1. The molecule has 0 aliphatic heterocycles. The van der Waals surface area contributed by atoms with E-state index in [1.165, 1.54) is 18.2 Å². The van der Waals surface area contributed by atoms with Crippen LogP contribution in [-0.4, -0.2) is 33.4 Å². The van der Waals surface area contributed by atoms with Crippen LogP contribution >= 0.6 is 11.8 Å². The van der Waals surface area contributed by atoms with Gasteiger partial charge in [0, 0.05) is 5.56 Å². The van der Waals surface area contributed by atoms with E-state index in [-0.39, 0.29) is 23.1 Å². The predicted molar refractivity (Wildman–Crippen MR) is 103 cm³/mol. The number of amides is 1. The van der Waals surface area contributed by atoms with Crippen LogP contribution in [0.2, 0.25) is 0 Å². The minimum atomic E-state index is -0.496. The fourth-order valence-corrected chi connectivity index (χ4v) is 3.02. The summed E-state index contributed by atoms with van der Waals surface area (Å²) in [5.74, 6) is -0.798. The number of hydrogen-bond donors (Lipinski definition) is 2. The molecule has 2 aromatic carbocycles. The van der Waals surface area contributed by atoms with Gasteiger partial charge in [-0.25, -0.2) is 13.8 Å². The van der Waals surface area contributed by atoms with Crippen LogP contribution < -0.4 is 10.1 Å². The number of benzene rings is 2. The SMILES string of the molecule is CCOc1ccc(-c2nc(SCC(=O)Nc3cccc(C)c3F)n[nH]2)cc1F. The van der Waals surface area contributed by atoms with Crippen LogP contribution in [0, 0.1) is 18.6 Å². The number of ether oxygens (including phenoxy) is 1. The molecule has 146 valence electrons. The first-order valence-corrected chi connectivity index (χ1v) is 9.49. The molecule has 1 aromatic heterocycles. The van der Waals surface area contributed by atoms with Gasteiger partial charge >= 0.3 is 0 Å². The number of aryl methyl sites for hydroxylation is 1. The first-order valence-electron chi connectivity index (χ1n) is 8.50. The van der Waals surface area contributed by atoms with Gasteiger partial charge in [0.05, 0.1) is 18.0 Å². The van der Waals surface area contributed by atoms with Gasteiger partial charge < -0.3 is 10.1 Å². The van der Waals surface area contributed by atoms with Gasteiger partial charge in [0.1, 0.15) is 5.82 Å². The topological polar surface area (TPSA) is 79.9 Å². The van der Waals surface area contributed by atoms with E-state index in [0.29, 0.717) is 28.7 Å². The number of aromatic nitrogens is 3. The van der Waals surface area contributed by atoms with Crippen molar-refractivity contribution >= 4 is 23.4 Å². The average molecular weight is 404 g/mol. The van der Waals surface area contributed by atoms with Crippen molar-refractivity contribution in [3.63, 3.8) is 0 Å². The summed E-state index contributed by atoms with van der Waals surface area (Å²) in [7, 11) is 0. The van der Waals surface area contributed by atoms with Crippen molar-refractivity contribution in [3.05, 3.63) is 53.6 Å². The van der Waals surface area contributed by atoms with Crippen LogP contribution in [0.1, 0.15) is 12.5 Å². The van der Waals surface area contributed by atoms with Gasteiger partial charge in [-0.2, -0.15) is 0 Å². The zero-order chi connectivity index (χ0) is 20.1. The van der Waals surface area contributed by atoms with Crippen LogP contribution in [-0.2, 0) is 4.79 Å². The highest BCUT2D eigenvalue weighted by molar-refractivity contribution is 7.99. The molecule has 3 aromatic rings. The number of rotatable bonds is 7. The Labute approximate surface area is 164 Å². The van der Waals surface area contributed by atoms with Crippen molar-refractivity contribution in [1.29, 1.82) is 0 Å². The molecule has 0 atom stereocenters. The van der Waals surface area contributed by atoms with Crippen LogP contribution in [0.25, 0.3) is 11.4 Å². The number of thioether (sulfide) groups is 1. The van der Waals surface area contributed by atoms with Crippen LogP contribution in [0.5, 0.6) is 5.75 Å². The van der Waals surface area contributed by atoms with E-state index < -0.39 is 11.6 Å². The minimum Gasteiger partial charge on any atom is -0.491 e. The van der Waals surface area contributed by atoms with Crippen molar-refractivity contribution in [2.75, 3.05) is 17.7 Å². The fourth-order valence-electron chi connectivity index (χ4n) is 2.42. The van der Waals surface area contributed by atoms with E-state index in [1.807, 2.05) is 0 Å². The standard InChI is InChI=1S/C19H18F2N4O2S/c1-3-27-15-8-7-12(9-13(15)20)18-23-19(25-24-18)28-10-16(26)22-14-6-4-5-11(2)17(14)21/h4-9H,3,10H2,1-2H3,(H,22,26)(H,23,24,25). The molecular formula is C19H18F2N4O2S. The summed E-state index contributed by atoms with van der Waals surface area (Å²) >= 11 is 1.08. The van der Waals surface area contributed by atoms with E-state index in [4.69, 9.17) is 4.74 Å². The Hall–Kier alpha value is -2.94. The van der Waals surface area contributed by atoms with E-state index in [2.05, 4.69) is 20.5 Å². The zero-order valence-electron chi connectivity index (χ0n) is 15.3. The van der Waals surface area contributed by atoms with Crippen molar-refractivity contribution in [3.8, 4) is 17.1 Å². The summed E-state index contributed by atoms with van der Waals surface area (Å²) in [6.07, 6.45) is 0. The maximum Gasteiger partial charge on any atom is 0.234 e. The summed E-state index contributed by atoms with van der Waals surface area (Å²) in [4.78, 5) is 16.3. The lowest BCUT2D eigenvalue weighted by atomic mass is 10.2. The largest absolute Gasteiger partial charge is 0.491 e. The van der Waals surface area contributed by atoms with Crippen molar-refractivity contribution in [2.45, 2.75) is 19.0 Å². The molecular weight excluding hydrogens is 386 g/mol. The second-order valence-corrected chi connectivity index (χ2v) is 6.76.